The predicted molar refractivity (Wildman–Crippen MR) is 123 cm³/mol. The third kappa shape index (κ3) is 4.51. The molecule has 3 aromatic rings. The monoisotopic (exact) mass is 464 g/mol. The van der Waals surface area contributed by atoms with E-state index in [9.17, 15) is 14.4 Å². The lowest BCUT2D eigenvalue weighted by Gasteiger charge is -2.13. The van der Waals surface area contributed by atoms with Gasteiger partial charge in [0.15, 0.2) is 16.6 Å². The van der Waals surface area contributed by atoms with Crippen LogP contribution in [0.5, 0.6) is 11.5 Å². The van der Waals surface area contributed by atoms with Gasteiger partial charge < -0.3 is 25.4 Å². The van der Waals surface area contributed by atoms with Crippen LogP contribution in [0.3, 0.4) is 0 Å². The molecule has 0 radical (unpaired) electrons. The molecular weight excluding hydrogens is 444 g/mol. The summed E-state index contributed by atoms with van der Waals surface area (Å²) in [5.41, 5.74) is 2.29. The van der Waals surface area contributed by atoms with Gasteiger partial charge in [-0.2, -0.15) is 0 Å². The minimum Gasteiger partial charge on any atom is -0.490 e. The number of amides is 3. The fourth-order valence-electron chi connectivity index (χ4n) is 3.60. The lowest BCUT2D eigenvalue weighted by Crippen LogP contribution is -2.43. The van der Waals surface area contributed by atoms with Crippen molar-refractivity contribution in [2.45, 2.75) is 18.9 Å². The maximum atomic E-state index is 12.6. The van der Waals surface area contributed by atoms with Crippen LogP contribution < -0.4 is 25.4 Å². The summed E-state index contributed by atoms with van der Waals surface area (Å²) in [6.45, 7) is 1.20. The molecule has 3 N–H and O–H groups in total. The van der Waals surface area contributed by atoms with Crippen molar-refractivity contribution < 1.29 is 23.9 Å². The first-order valence-electron chi connectivity index (χ1n) is 10.4. The van der Waals surface area contributed by atoms with Crippen LogP contribution >= 0.6 is 11.3 Å². The quantitative estimate of drug-likeness (QED) is 0.546. The van der Waals surface area contributed by atoms with Crippen molar-refractivity contribution in [3.05, 3.63) is 53.4 Å². The lowest BCUT2D eigenvalue weighted by molar-refractivity contribution is -0.122. The first-order valence-corrected chi connectivity index (χ1v) is 11.3. The molecule has 2 aliphatic rings. The van der Waals surface area contributed by atoms with Gasteiger partial charge in [-0.15, -0.1) is 11.3 Å². The van der Waals surface area contributed by atoms with E-state index in [2.05, 4.69) is 20.9 Å². The van der Waals surface area contributed by atoms with Crippen molar-refractivity contribution in [2.75, 3.05) is 23.8 Å². The second kappa shape index (κ2) is 8.91. The van der Waals surface area contributed by atoms with E-state index in [0.717, 1.165) is 12.0 Å². The van der Waals surface area contributed by atoms with Crippen LogP contribution in [0, 0.1) is 0 Å². The molecule has 0 bridgehead atoms. The predicted octanol–water partition coefficient (Wildman–Crippen LogP) is 3.05. The third-order valence-electron chi connectivity index (χ3n) is 5.23. The number of anilines is 2. The average molecular weight is 465 g/mol. The summed E-state index contributed by atoms with van der Waals surface area (Å²) in [6, 6.07) is 11.3. The Morgan fingerprint density at radius 3 is 2.82 bits per heavy atom. The molecule has 0 saturated heterocycles. The van der Waals surface area contributed by atoms with E-state index in [1.165, 1.54) is 11.3 Å². The Kier molecular flexibility index (Phi) is 5.66. The smallest absolute Gasteiger partial charge is 0.254 e. The van der Waals surface area contributed by atoms with Crippen molar-refractivity contribution in [1.82, 2.24) is 10.3 Å². The Balaban J connectivity index is 1.25. The van der Waals surface area contributed by atoms with Crippen molar-refractivity contribution in [3.63, 3.8) is 0 Å². The number of thiazole rings is 1. The minimum atomic E-state index is -0.994. The maximum Gasteiger partial charge on any atom is 0.254 e. The fourth-order valence-corrected chi connectivity index (χ4v) is 4.33. The Morgan fingerprint density at radius 2 is 1.94 bits per heavy atom. The van der Waals surface area contributed by atoms with Gasteiger partial charge in [0, 0.05) is 17.4 Å². The van der Waals surface area contributed by atoms with Gasteiger partial charge in [0.25, 0.3) is 5.91 Å². The summed E-state index contributed by atoms with van der Waals surface area (Å²) in [7, 11) is 0. The van der Waals surface area contributed by atoms with Crippen LogP contribution in [-0.2, 0) is 9.59 Å². The van der Waals surface area contributed by atoms with E-state index < -0.39 is 23.8 Å². The number of rotatable bonds is 4. The molecule has 9 nitrogen and oxygen atoms in total. The number of nitrogens with zero attached hydrogens (tertiary/aromatic N) is 1. The molecule has 3 heterocycles. The molecule has 1 aromatic heterocycles. The lowest BCUT2D eigenvalue weighted by atomic mass is 10.1. The molecule has 0 aliphatic carbocycles. The van der Waals surface area contributed by atoms with Crippen molar-refractivity contribution >= 4 is 39.9 Å². The zero-order chi connectivity index (χ0) is 22.8. The molecule has 2 aliphatic heterocycles. The van der Waals surface area contributed by atoms with Crippen LogP contribution in [0.1, 0.15) is 23.2 Å². The molecule has 1 atom stereocenters. The Hall–Kier alpha value is -3.92. The highest BCUT2D eigenvalue weighted by molar-refractivity contribution is 7.14. The number of ether oxygens (including phenoxy) is 2. The molecule has 0 fully saturated rings. The van der Waals surface area contributed by atoms with Gasteiger partial charge in [-0.3, -0.25) is 14.4 Å². The molecule has 5 rings (SSSR count). The number of para-hydroxylation sites is 1. The van der Waals surface area contributed by atoms with Gasteiger partial charge in [-0.25, -0.2) is 4.98 Å². The van der Waals surface area contributed by atoms with E-state index in [0.29, 0.717) is 46.8 Å². The number of hydrogen-bond acceptors (Lipinski definition) is 7. The second-order valence-electron chi connectivity index (χ2n) is 7.56. The number of carbonyl (C=O) groups is 3. The molecular formula is C23H20N4O5S. The number of benzene rings is 2. The molecule has 0 saturated carbocycles. The van der Waals surface area contributed by atoms with Gasteiger partial charge in [0.05, 0.1) is 36.6 Å². The van der Waals surface area contributed by atoms with E-state index in [-0.39, 0.29) is 6.42 Å². The van der Waals surface area contributed by atoms with E-state index in [1.54, 1.807) is 24.3 Å². The summed E-state index contributed by atoms with van der Waals surface area (Å²) < 4.78 is 11.4. The normalized spacial score (nSPS) is 17.2. The molecule has 2 aromatic carbocycles. The zero-order valence-electron chi connectivity index (χ0n) is 17.4. The van der Waals surface area contributed by atoms with E-state index in [1.807, 2.05) is 23.6 Å². The number of hydrogen-bond donors (Lipinski definition) is 3. The molecule has 1 unspecified atom stereocenters. The Labute approximate surface area is 193 Å². The number of carbonyl (C=O) groups excluding carboxylic acids is 3. The first kappa shape index (κ1) is 21.0. The maximum absolute atomic E-state index is 12.6. The molecule has 3 amide bonds. The van der Waals surface area contributed by atoms with Gasteiger partial charge in [0.1, 0.15) is 6.04 Å². The number of nitrogens with one attached hydrogen (secondary N) is 3. The Bertz CT molecular complexity index is 1240. The average Bonchev–Trinajstić information content (AvgIpc) is 3.08. The van der Waals surface area contributed by atoms with Crippen LogP contribution in [0.15, 0.2) is 47.8 Å². The number of fused-ring (bicyclic) bond motifs is 2. The standard InChI is InChI=1S/C23H20N4O5S/c28-20(11-16-22(30)24-15-5-2-1-4-14(15)21(29)25-16)27-23-26-17(12-33-23)13-6-7-18-19(10-13)32-9-3-8-31-18/h1-2,4-7,10,12,16H,3,8-9,11H2,(H,24,30)(H,25,29)(H,26,27,28). The molecule has 33 heavy (non-hydrogen) atoms. The van der Waals surface area contributed by atoms with Crippen LogP contribution in [-0.4, -0.2) is 42.0 Å². The SMILES string of the molecule is O=C(CC1NC(=O)c2ccccc2NC1=O)Nc1nc(-c2ccc3c(c2)OCCCO3)cs1. The van der Waals surface area contributed by atoms with Gasteiger partial charge in [0.2, 0.25) is 11.8 Å². The topological polar surface area (TPSA) is 119 Å². The fraction of sp³-hybridized carbons (Fsp3) is 0.217. The highest BCUT2D eigenvalue weighted by Crippen LogP contribution is 2.35. The van der Waals surface area contributed by atoms with Gasteiger partial charge in [-0.1, -0.05) is 12.1 Å². The van der Waals surface area contributed by atoms with Crippen LogP contribution in [0.25, 0.3) is 11.3 Å². The summed E-state index contributed by atoms with van der Waals surface area (Å²) >= 11 is 1.27. The van der Waals surface area contributed by atoms with Crippen LogP contribution in [0.4, 0.5) is 10.8 Å². The highest BCUT2D eigenvalue weighted by Gasteiger charge is 2.29. The molecule has 168 valence electrons. The van der Waals surface area contributed by atoms with Crippen molar-refractivity contribution in [1.29, 1.82) is 0 Å². The highest BCUT2D eigenvalue weighted by atomic mass is 32.1. The zero-order valence-corrected chi connectivity index (χ0v) is 18.2. The summed E-state index contributed by atoms with van der Waals surface area (Å²) in [6.07, 6.45) is 0.604. The first-order chi connectivity index (χ1) is 16.1. The molecule has 0 spiro atoms. The van der Waals surface area contributed by atoms with Crippen molar-refractivity contribution in [3.8, 4) is 22.8 Å². The molecule has 10 heteroatoms. The van der Waals surface area contributed by atoms with Gasteiger partial charge >= 0.3 is 0 Å². The summed E-state index contributed by atoms with van der Waals surface area (Å²) in [5.74, 6) is 0.0784. The Morgan fingerprint density at radius 1 is 1.12 bits per heavy atom. The number of aromatic nitrogens is 1. The van der Waals surface area contributed by atoms with Crippen LogP contribution in [0.2, 0.25) is 0 Å². The summed E-state index contributed by atoms with van der Waals surface area (Å²) in [4.78, 5) is 42.0. The second-order valence-corrected chi connectivity index (χ2v) is 8.42. The largest absolute Gasteiger partial charge is 0.490 e. The third-order valence-corrected chi connectivity index (χ3v) is 5.99. The minimum absolute atomic E-state index is 0.218. The van der Waals surface area contributed by atoms with Gasteiger partial charge in [-0.05, 0) is 30.3 Å². The van der Waals surface area contributed by atoms with Crippen molar-refractivity contribution in [2.24, 2.45) is 0 Å². The summed E-state index contributed by atoms with van der Waals surface area (Å²) in [5, 5.41) is 10.2. The van der Waals surface area contributed by atoms with E-state index >= 15 is 0 Å². The van der Waals surface area contributed by atoms with E-state index in [4.69, 9.17) is 9.47 Å².